The van der Waals surface area contributed by atoms with Gasteiger partial charge in [-0.2, -0.15) is 0 Å². The summed E-state index contributed by atoms with van der Waals surface area (Å²) in [6.07, 6.45) is 4.97. The lowest BCUT2D eigenvalue weighted by atomic mass is 9.95. The van der Waals surface area contributed by atoms with E-state index >= 15 is 4.39 Å². The number of rotatable bonds is 5. The molecule has 1 saturated heterocycles. The minimum Gasteiger partial charge on any atom is -0.382 e. The number of hydrogen-bond donors (Lipinski definition) is 2. The van der Waals surface area contributed by atoms with E-state index in [9.17, 15) is 13.7 Å². The summed E-state index contributed by atoms with van der Waals surface area (Å²) in [4.78, 5) is 12.9. The fourth-order valence-corrected chi connectivity index (χ4v) is 5.94. The lowest BCUT2D eigenvalue weighted by Crippen LogP contribution is -2.36. The third kappa shape index (κ3) is 4.70. The minimum atomic E-state index is -1.24. The maximum absolute atomic E-state index is 15.1. The van der Waals surface area contributed by atoms with Crippen LogP contribution in [0.2, 0.25) is 5.02 Å². The van der Waals surface area contributed by atoms with Crippen molar-refractivity contribution in [3.05, 3.63) is 83.0 Å². The monoisotopic (exact) mass is 528 g/mol. The van der Waals surface area contributed by atoms with Gasteiger partial charge in [-0.25, -0.2) is 18.7 Å². The molecule has 1 aliphatic heterocycles. The standard InChI is InChI=1S/C26H23ClF2N4O2S/c1-15(17-4-2-3-5-21(17)28)33-24-19-10-18(22(29)11-23(19)30-14-20(24)27)16-12-31-25(32-13-16)26(34)6-8-36(35)9-7-26/h2-5,10-15,34H,6-9H2,1H3,(H,30,33). The van der Waals surface area contributed by atoms with Gasteiger partial charge in [-0.3, -0.25) is 9.19 Å². The number of nitrogens with zero attached hydrogens (tertiary/aromatic N) is 3. The van der Waals surface area contributed by atoms with E-state index in [-0.39, 0.29) is 17.2 Å². The fraction of sp³-hybridized carbons (Fsp3) is 0.269. The average molecular weight is 529 g/mol. The molecule has 36 heavy (non-hydrogen) atoms. The number of aromatic nitrogens is 3. The summed E-state index contributed by atoms with van der Waals surface area (Å²) in [6.45, 7) is 1.81. The summed E-state index contributed by atoms with van der Waals surface area (Å²) in [5, 5.41) is 15.0. The van der Waals surface area contributed by atoms with Crippen LogP contribution < -0.4 is 5.32 Å². The number of aliphatic hydroxyl groups is 1. The third-order valence-electron chi connectivity index (χ3n) is 6.51. The fourth-order valence-electron chi connectivity index (χ4n) is 4.40. The Bertz CT molecular complexity index is 1460. The summed E-state index contributed by atoms with van der Waals surface area (Å²) < 4.78 is 41.1. The van der Waals surface area contributed by atoms with Crippen molar-refractivity contribution in [2.45, 2.75) is 31.4 Å². The first-order valence-corrected chi connectivity index (χ1v) is 13.3. The highest BCUT2D eigenvalue weighted by atomic mass is 35.5. The molecule has 0 aliphatic carbocycles. The maximum Gasteiger partial charge on any atom is 0.160 e. The van der Waals surface area contributed by atoms with Crippen LogP contribution in [0.4, 0.5) is 14.5 Å². The Kier molecular flexibility index (Phi) is 6.72. The highest BCUT2D eigenvalue weighted by Gasteiger charge is 2.36. The van der Waals surface area contributed by atoms with Crippen LogP contribution in [0.1, 0.15) is 37.2 Å². The Morgan fingerprint density at radius 2 is 1.75 bits per heavy atom. The van der Waals surface area contributed by atoms with Gasteiger partial charge in [0.05, 0.1) is 22.3 Å². The third-order valence-corrected chi connectivity index (χ3v) is 8.11. The number of fused-ring (bicyclic) bond motifs is 1. The first-order chi connectivity index (χ1) is 17.2. The predicted molar refractivity (Wildman–Crippen MR) is 137 cm³/mol. The molecule has 2 aromatic heterocycles. The van der Waals surface area contributed by atoms with E-state index in [0.717, 1.165) is 0 Å². The second-order valence-electron chi connectivity index (χ2n) is 8.89. The van der Waals surface area contributed by atoms with Crippen molar-refractivity contribution in [3.63, 3.8) is 0 Å². The minimum absolute atomic E-state index is 0.231. The van der Waals surface area contributed by atoms with Crippen LogP contribution >= 0.6 is 11.6 Å². The molecule has 1 unspecified atom stereocenters. The van der Waals surface area contributed by atoms with Crippen LogP contribution in [0.15, 0.2) is 55.0 Å². The molecule has 0 amide bonds. The number of halogens is 3. The van der Waals surface area contributed by atoms with Crippen LogP contribution in [0.3, 0.4) is 0 Å². The zero-order valence-electron chi connectivity index (χ0n) is 19.3. The summed E-state index contributed by atoms with van der Waals surface area (Å²) in [7, 11) is -0.942. The van der Waals surface area contributed by atoms with Gasteiger partial charge in [0, 0.05) is 69.0 Å². The molecule has 0 bridgehead atoms. The molecule has 4 aromatic rings. The lowest BCUT2D eigenvalue weighted by molar-refractivity contribution is 0.0181. The zero-order chi connectivity index (χ0) is 25.4. The van der Waals surface area contributed by atoms with Gasteiger partial charge >= 0.3 is 0 Å². The van der Waals surface area contributed by atoms with E-state index < -0.39 is 28.3 Å². The van der Waals surface area contributed by atoms with E-state index in [1.165, 1.54) is 30.7 Å². The quantitative estimate of drug-likeness (QED) is 0.354. The van der Waals surface area contributed by atoms with Gasteiger partial charge < -0.3 is 10.4 Å². The largest absolute Gasteiger partial charge is 0.382 e. The van der Waals surface area contributed by atoms with E-state index in [0.29, 0.717) is 57.1 Å². The zero-order valence-corrected chi connectivity index (χ0v) is 20.9. The first-order valence-electron chi connectivity index (χ1n) is 11.4. The molecule has 0 spiro atoms. The van der Waals surface area contributed by atoms with E-state index in [1.54, 1.807) is 24.3 Å². The lowest BCUT2D eigenvalue weighted by Gasteiger charge is -2.29. The molecule has 5 rings (SSSR count). The maximum atomic E-state index is 15.1. The van der Waals surface area contributed by atoms with Crippen molar-refractivity contribution in [2.24, 2.45) is 0 Å². The number of nitrogens with one attached hydrogen (secondary N) is 1. The van der Waals surface area contributed by atoms with Crippen LogP contribution in [0.25, 0.3) is 22.0 Å². The van der Waals surface area contributed by atoms with Gasteiger partial charge in [-0.15, -0.1) is 0 Å². The van der Waals surface area contributed by atoms with Crippen molar-refractivity contribution in [3.8, 4) is 11.1 Å². The molecule has 3 heterocycles. The molecule has 0 saturated carbocycles. The van der Waals surface area contributed by atoms with Crippen LogP contribution in [0.5, 0.6) is 0 Å². The Hall–Kier alpha value is -3.01. The van der Waals surface area contributed by atoms with Crippen LogP contribution in [0, 0.1) is 11.6 Å². The predicted octanol–water partition coefficient (Wildman–Crippen LogP) is 5.53. The van der Waals surface area contributed by atoms with E-state index in [4.69, 9.17) is 11.6 Å². The molecule has 2 aromatic carbocycles. The highest BCUT2D eigenvalue weighted by Crippen LogP contribution is 2.37. The number of anilines is 1. The van der Waals surface area contributed by atoms with Crippen LogP contribution in [-0.2, 0) is 16.4 Å². The smallest absolute Gasteiger partial charge is 0.160 e. The molecule has 1 atom stereocenters. The average Bonchev–Trinajstić information content (AvgIpc) is 2.88. The Morgan fingerprint density at radius 1 is 1.06 bits per heavy atom. The summed E-state index contributed by atoms with van der Waals surface area (Å²) in [5.41, 5.74) is 0.748. The van der Waals surface area contributed by atoms with Gasteiger partial charge in [-0.1, -0.05) is 29.8 Å². The van der Waals surface area contributed by atoms with Crippen molar-refractivity contribution >= 4 is 39.0 Å². The molecule has 2 N–H and O–H groups in total. The second-order valence-corrected chi connectivity index (χ2v) is 11.0. The molecule has 1 fully saturated rings. The van der Waals surface area contributed by atoms with Crippen molar-refractivity contribution in [1.82, 2.24) is 15.0 Å². The Balaban J connectivity index is 1.51. The summed E-state index contributed by atoms with van der Waals surface area (Å²) in [5.74, 6) is 0.135. The van der Waals surface area contributed by atoms with Gasteiger partial charge in [-0.05, 0) is 31.9 Å². The van der Waals surface area contributed by atoms with Crippen molar-refractivity contribution in [1.29, 1.82) is 0 Å². The topological polar surface area (TPSA) is 88.0 Å². The van der Waals surface area contributed by atoms with E-state index in [2.05, 4.69) is 20.3 Å². The van der Waals surface area contributed by atoms with Crippen molar-refractivity contribution < 1.29 is 18.1 Å². The molecule has 186 valence electrons. The van der Waals surface area contributed by atoms with Gasteiger partial charge in [0.2, 0.25) is 0 Å². The molecule has 6 nitrogen and oxygen atoms in total. The number of benzene rings is 2. The SMILES string of the molecule is CC(Nc1c(Cl)cnc2cc(F)c(-c3cnc(C4(O)CCS(=O)CC4)nc3)cc12)c1ccccc1F. The molecular weight excluding hydrogens is 506 g/mol. The van der Waals surface area contributed by atoms with Gasteiger partial charge in [0.1, 0.15) is 17.2 Å². The first kappa shape index (κ1) is 24.7. The molecule has 1 aliphatic rings. The summed E-state index contributed by atoms with van der Waals surface area (Å²) in [6, 6.07) is 8.94. The Morgan fingerprint density at radius 3 is 2.44 bits per heavy atom. The number of pyridine rings is 1. The van der Waals surface area contributed by atoms with Crippen LogP contribution in [-0.4, -0.2) is 35.8 Å². The Labute approximate surface area is 214 Å². The highest BCUT2D eigenvalue weighted by molar-refractivity contribution is 7.85. The molecular formula is C26H23ClF2N4O2S. The van der Waals surface area contributed by atoms with E-state index in [1.807, 2.05) is 6.92 Å². The van der Waals surface area contributed by atoms with Gasteiger partial charge in [0.25, 0.3) is 0 Å². The van der Waals surface area contributed by atoms with Crippen molar-refractivity contribution in [2.75, 3.05) is 16.8 Å². The van der Waals surface area contributed by atoms with Gasteiger partial charge in [0.15, 0.2) is 5.82 Å². The normalized spacial score (nSPS) is 20.9. The second kappa shape index (κ2) is 9.80. The molecule has 0 radical (unpaired) electrons. The molecule has 10 heteroatoms. The summed E-state index contributed by atoms with van der Waals surface area (Å²) >= 11 is 6.46. The number of hydrogen-bond acceptors (Lipinski definition) is 6.